The summed E-state index contributed by atoms with van der Waals surface area (Å²) in [6.45, 7) is 1.24. The van der Waals surface area contributed by atoms with E-state index in [9.17, 15) is 4.79 Å². The van der Waals surface area contributed by atoms with Crippen molar-refractivity contribution in [2.24, 2.45) is 0 Å². The zero-order chi connectivity index (χ0) is 17.2. The van der Waals surface area contributed by atoms with Gasteiger partial charge in [0.05, 0.1) is 29.5 Å². The van der Waals surface area contributed by atoms with E-state index >= 15 is 0 Å². The molecule has 1 aliphatic heterocycles. The van der Waals surface area contributed by atoms with Gasteiger partial charge in [-0.15, -0.1) is 0 Å². The molecule has 0 radical (unpaired) electrons. The first-order chi connectivity index (χ1) is 12.2. The van der Waals surface area contributed by atoms with Gasteiger partial charge >= 0.3 is 6.01 Å². The molecule has 1 N–H and O–H groups in total. The molecule has 2 aromatic heterocycles. The smallest absolute Gasteiger partial charge is 0.316 e. The first-order valence-corrected chi connectivity index (χ1v) is 8.58. The van der Waals surface area contributed by atoms with Gasteiger partial charge in [0.1, 0.15) is 6.10 Å². The molecule has 7 heteroatoms. The van der Waals surface area contributed by atoms with E-state index in [1.165, 1.54) is 12.4 Å². The SMILES string of the molecule is O=C(c1c[nH]c2ccccc12)N1CCCC(Oc2ncc(Cl)cn2)C1. The highest BCUT2D eigenvalue weighted by molar-refractivity contribution is 6.30. The maximum atomic E-state index is 12.9. The van der Waals surface area contributed by atoms with Crippen LogP contribution in [0.15, 0.2) is 42.9 Å². The molecule has 25 heavy (non-hydrogen) atoms. The summed E-state index contributed by atoms with van der Waals surface area (Å²) in [5.74, 6) is 0.0165. The average Bonchev–Trinajstić information content (AvgIpc) is 3.07. The molecule has 3 aromatic rings. The van der Waals surface area contributed by atoms with E-state index < -0.39 is 0 Å². The zero-order valence-corrected chi connectivity index (χ0v) is 14.2. The number of aromatic nitrogens is 3. The van der Waals surface area contributed by atoms with Gasteiger partial charge in [-0.2, -0.15) is 0 Å². The number of amides is 1. The largest absolute Gasteiger partial charge is 0.458 e. The minimum absolute atomic E-state index is 0.0165. The molecular weight excluding hydrogens is 340 g/mol. The third-order valence-electron chi connectivity index (χ3n) is 4.35. The van der Waals surface area contributed by atoms with Crippen LogP contribution >= 0.6 is 11.6 Å². The van der Waals surface area contributed by atoms with Crippen molar-refractivity contribution in [2.75, 3.05) is 13.1 Å². The number of ether oxygens (including phenoxy) is 1. The van der Waals surface area contributed by atoms with Gasteiger partial charge in [0.15, 0.2) is 0 Å². The number of likely N-dealkylation sites (tertiary alicyclic amines) is 1. The van der Waals surface area contributed by atoms with Crippen LogP contribution in [-0.4, -0.2) is 45.0 Å². The highest BCUT2D eigenvalue weighted by Gasteiger charge is 2.27. The van der Waals surface area contributed by atoms with Crippen molar-refractivity contribution in [3.8, 4) is 6.01 Å². The maximum Gasteiger partial charge on any atom is 0.316 e. The molecule has 0 saturated carbocycles. The second-order valence-electron chi connectivity index (χ2n) is 6.07. The van der Waals surface area contributed by atoms with Crippen LogP contribution in [0.4, 0.5) is 0 Å². The van der Waals surface area contributed by atoms with Crippen LogP contribution in [0, 0.1) is 0 Å². The van der Waals surface area contributed by atoms with Crippen molar-refractivity contribution in [2.45, 2.75) is 18.9 Å². The number of para-hydroxylation sites is 1. The molecule has 0 spiro atoms. The third kappa shape index (κ3) is 3.30. The minimum Gasteiger partial charge on any atom is -0.458 e. The van der Waals surface area contributed by atoms with E-state index in [0.29, 0.717) is 17.1 Å². The molecule has 3 heterocycles. The van der Waals surface area contributed by atoms with Gasteiger partial charge in [-0.1, -0.05) is 29.8 Å². The predicted octanol–water partition coefficient (Wildman–Crippen LogP) is 3.29. The van der Waals surface area contributed by atoms with Crippen LogP contribution < -0.4 is 4.74 Å². The first kappa shape index (κ1) is 15.9. The molecule has 0 aliphatic carbocycles. The Morgan fingerprint density at radius 1 is 1.28 bits per heavy atom. The number of nitrogens with one attached hydrogen (secondary N) is 1. The highest BCUT2D eigenvalue weighted by atomic mass is 35.5. The summed E-state index contributed by atoms with van der Waals surface area (Å²) in [5.41, 5.74) is 1.66. The monoisotopic (exact) mass is 356 g/mol. The van der Waals surface area contributed by atoms with Gasteiger partial charge in [0, 0.05) is 23.6 Å². The quantitative estimate of drug-likeness (QED) is 0.781. The number of carbonyl (C=O) groups excluding carboxylic acids is 1. The van der Waals surface area contributed by atoms with Crippen LogP contribution in [0.1, 0.15) is 23.2 Å². The number of aromatic amines is 1. The molecule has 1 atom stereocenters. The van der Waals surface area contributed by atoms with E-state index in [1.54, 1.807) is 6.20 Å². The lowest BCUT2D eigenvalue weighted by Crippen LogP contribution is -2.44. The summed E-state index contributed by atoms with van der Waals surface area (Å²) >= 11 is 5.79. The Hall–Kier alpha value is -2.60. The zero-order valence-electron chi connectivity index (χ0n) is 13.5. The Morgan fingerprint density at radius 2 is 2.08 bits per heavy atom. The number of benzene rings is 1. The molecule has 4 rings (SSSR count). The molecule has 0 bridgehead atoms. The lowest BCUT2D eigenvalue weighted by Gasteiger charge is -2.32. The van der Waals surface area contributed by atoms with Crippen LogP contribution in [-0.2, 0) is 0 Å². The number of halogens is 1. The number of hydrogen-bond donors (Lipinski definition) is 1. The molecular formula is C18H17ClN4O2. The molecule has 6 nitrogen and oxygen atoms in total. The fourth-order valence-electron chi connectivity index (χ4n) is 3.15. The maximum absolute atomic E-state index is 12.9. The van der Waals surface area contributed by atoms with Crippen molar-refractivity contribution in [1.29, 1.82) is 0 Å². The number of nitrogens with zero attached hydrogens (tertiary/aromatic N) is 3. The highest BCUT2D eigenvalue weighted by Crippen LogP contribution is 2.22. The number of carbonyl (C=O) groups is 1. The van der Waals surface area contributed by atoms with E-state index in [4.69, 9.17) is 16.3 Å². The fraction of sp³-hybridized carbons (Fsp3) is 0.278. The standard InChI is InChI=1S/C18H17ClN4O2/c19-12-8-21-18(22-9-12)25-13-4-3-7-23(11-13)17(24)15-10-20-16-6-2-1-5-14(15)16/h1-2,5-6,8-10,13,20H,3-4,7,11H2. The number of piperidine rings is 1. The number of hydrogen-bond acceptors (Lipinski definition) is 4. The molecule has 1 saturated heterocycles. The van der Waals surface area contributed by atoms with Crippen molar-refractivity contribution >= 4 is 28.4 Å². The third-order valence-corrected chi connectivity index (χ3v) is 4.55. The summed E-state index contributed by atoms with van der Waals surface area (Å²) < 4.78 is 5.81. The Bertz CT molecular complexity index is 893. The number of H-pyrrole nitrogens is 1. The lowest BCUT2D eigenvalue weighted by molar-refractivity contribution is 0.0517. The molecule has 1 aromatic carbocycles. The van der Waals surface area contributed by atoms with E-state index in [-0.39, 0.29) is 18.0 Å². The van der Waals surface area contributed by atoms with Gasteiger partial charge in [0.2, 0.25) is 0 Å². The Labute approximate surface area is 149 Å². The van der Waals surface area contributed by atoms with Gasteiger partial charge in [-0.25, -0.2) is 9.97 Å². The minimum atomic E-state index is -0.121. The summed E-state index contributed by atoms with van der Waals surface area (Å²) in [6, 6.07) is 8.09. The molecule has 1 amide bonds. The van der Waals surface area contributed by atoms with Gasteiger partial charge in [-0.3, -0.25) is 4.79 Å². The normalized spacial score (nSPS) is 17.6. The molecule has 1 aliphatic rings. The molecule has 128 valence electrons. The summed E-state index contributed by atoms with van der Waals surface area (Å²) in [7, 11) is 0. The van der Waals surface area contributed by atoms with Crippen molar-refractivity contribution in [1.82, 2.24) is 19.9 Å². The van der Waals surface area contributed by atoms with Crippen LogP contribution in [0.2, 0.25) is 5.02 Å². The Kier molecular flexibility index (Phi) is 4.28. The van der Waals surface area contributed by atoms with E-state index in [1.807, 2.05) is 29.2 Å². The predicted molar refractivity (Wildman–Crippen MR) is 94.9 cm³/mol. The van der Waals surface area contributed by atoms with Gasteiger partial charge in [0.25, 0.3) is 5.91 Å². The average molecular weight is 357 g/mol. The Balaban J connectivity index is 1.49. The summed E-state index contributed by atoms with van der Waals surface area (Å²) in [6.07, 6.45) is 6.41. The van der Waals surface area contributed by atoms with Crippen molar-refractivity contribution in [3.63, 3.8) is 0 Å². The van der Waals surface area contributed by atoms with E-state index in [0.717, 1.165) is 30.3 Å². The second kappa shape index (κ2) is 6.72. The fourth-order valence-corrected chi connectivity index (χ4v) is 3.25. The van der Waals surface area contributed by atoms with Crippen LogP contribution in [0.5, 0.6) is 6.01 Å². The van der Waals surface area contributed by atoms with Crippen molar-refractivity contribution in [3.05, 3.63) is 53.4 Å². The van der Waals surface area contributed by atoms with Gasteiger partial charge in [-0.05, 0) is 18.9 Å². The van der Waals surface area contributed by atoms with Gasteiger partial charge < -0.3 is 14.6 Å². The van der Waals surface area contributed by atoms with Crippen LogP contribution in [0.3, 0.4) is 0 Å². The Morgan fingerprint density at radius 3 is 2.92 bits per heavy atom. The summed E-state index contributed by atoms with van der Waals surface area (Å²) in [5, 5.41) is 1.41. The number of rotatable bonds is 3. The van der Waals surface area contributed by atoms with Crippen LogP contribution in [0.25, 0.3) is 10.9 Å². The lowest BCUT2D eigenvalue weighted by atomic mass is 10.1. The van der Waals surface area contributed by atoms with Crippen molar-refractivity contribution < 1.29 is 9.53 Å². The first-order valence-electron chi connectivity index (χ1n) is 8.20. The topological polar surface area (TPSA) is 71.1 Å². The number of fused-ring (bicyclic) bond motifs is 1. The summed E-state index contributed by atoms with van der Waals surface area (Å²) in [4.78, 5) is 26.0. The molecule has 1 unspecified atom stereocenters. The second-order valence-corrected chi connectivity index (χ2v) is 6.50. The molecule has 1 fully saturated rings. The van der Waals surface area contributed by atoms with E-state index in [2.05, 4.69) is 15.0 Å².